The maximum Gasteiger partial charge on any atom is 0.524 e. The lowest BCUT2D eigenvalue weighted by atomic mass is 9.75. The summed E-state index contributed by atoms with van der Waals surface area (Å²) in [5.41, 5.74) is -0.629. The van der Waals surface area contributed by atoms with Gasteiger partial charge in [0.2, 0.25) is 6.10 Å². The average molecular weight is 284 g/mol. The zero-order valence-corrected chi connectivity index (χ0v) is 12.9. The fraction of sp³-hybridized carbons (Fsp3) is 0.867. The Morgan fingerprint density at radius 2 is 1.80 bits per heavy atom. The Kier molecular flexibility index (Phi) is 3.95. The van der Waals surface area contributed by atoms with Gasteiger partial charge < -0.3 is 9.84 Å². The minimum absolute atomic E-state index is 0.231. The van der Waals surface area contributed by atoms with Crippen molar-refractivity contribution in [2.24, 2.45) is 5.92 Å². The summed E-state index contributed by atoms with van der Waals surface area (Å²) in [6.07, 6.45) is 3.81. The first-order valence-electron chi connectivity index (χ1n) is 7.50. The lowest BCUT2D eigenvalue weighted by molar-refractivity contribution is -0.835. The predicted molar refractivity (Wildman–Crippen MR) is 73.8 cm³/mol. The Balaban J connectivity index is 2.18. The molecule has 0 spiro atoms. The van der Waals surface area contributed by atoms with E-state index < -0.39 is 28.2 Å². The van der Waals surface area contributed by atoms with E-state index in [1.165, 1.54) is 6.42 Å². The summed E-state index contributed by atoms with van der Waals surface area (Å²) in [5, 5.41) is 10.0. The fourth-order valence-corrected chi connectivity index (χ4v) is 3.49. The van der Waals surface area contributed by atoms with Crippen LogP contribution in [0.5, 0.6) is 0 Å². The Morgan fingerprint density at radius 3 is 2.30 bits per heavy atom. The predicted octanol–water partition coefficient (Wildman–Crippen LogP) is 2.22. The van der Waals surface area contributed by atoms with E-state index >= 15 is 0 Å². The quantitative estimate of drug-likeness (QED) is 0.592. The number of hydrogen-bond acceptors (Lipinski definition) is 4. The first-order chi connectivity index (χ1) is 9.18. The number of quaternary nitrogens is 1. The van der Waals surface area contributed by atoms with Crippen molar-refractivity contribution < 1.29 is 23.9 Å². The molecule has 1 heterocycles. The summed E-state index contributed by atoms with van der Waals surface area (Å²) in [6.45, 7) is 5.36. The van der Waals surface area contributed by atoms with Crippen LogP contribution in [0.2, 0.25) is 0 Å². The van der Waals surface area contributed by atoms with Gasteiger partial charge in [0, 0.05) is 5.92 Å². The molecule has 5 heteroatoms. The molecular formula is C15H26NO4+. The van der Waals surface area contributed by atoms with E-state index in [9.17, 15) is 14.7 Å². The number of β-lactam (4-membered cyclic amide) rings is 1. The minimum Gasteiger partial charge on any atom is -0.414 e. The van der Waals surface area contributed by atoms with Crippen LogP contribution in [0.15, 0.2) is 0 Å². The molecule has 1 saturated carbocycles. The van der Waals surface area contributed by atoms with Crippen molar-refractivity contribution in [1.82, 2.24) is 0 Å². The number of carbonyl (C=O) groups excluding carboxylic acids is 2. The van der Waals surface area contributed by atoms with Crippen molar-refractivity contribution in [3.8, 4) is 0 Å². The maximum absolute atomic E-state index is 12.4. The number of amides is 2. The van der Waals surface area contributed by atoms with Crippen LogP contribution in [-0.2, 0) is 9.53 Å². The molecule has 0 aromatic rings. The van der Waals surface area contributed by atoms with Gasteiger partial charge in [-0.1, -0.05) is 19.3 Å². The lowest BCUT2D eigenvalue weighted by Gasteiger charge is -2.50. The molecule has 5 nitrogen and oxygen atoms in total. The van der Waals surface area contributed by atoms with Crippen LogP contribution in [-0.4, -0.2) is 46.4 Å². The lowest BCUT2D eigenvalue weighted by Crippen LogP contribution is -2.80. The third-order valence-electron chi connectivity index (χ3n) is 4.54. The number of aliphatic hydroxyl groups excluding tert-OH is 1. The molecule has 0 aromatic heterocycles. The van der Waals surface area contributed by atoms with Crippen molar-refractivity contribution in [2.45, 2.75) is 70.6 Å². The zero-order valence-electron chi connectivity index (χ0n) is 12.9. The van der Waals surface area contributed by atoms with Crippen LogP contribution in [0.3, 0.4) is 0 Å². The standard InChI is InChI=1S/C15H26NO4/c1-15(2,3)20-14(19)16(4)11(12(17)13(16)18)10-8-6-5-7-9-10/h10-12,17H,5-9H2,1-4H3/q+1/t11-,12+,16?/m0/s1. The van der Waals surface area contributed by atoms with Crippen molar-refractivity contribution in [3.63, 3.8) is 0 Å². The number of rotatable bonds is 1. The van der Waals surface area contributed by atoms with Crippen LogP contribution in [0, 0.1) is 5.92 Å². The highest BCUT2D eigenvalue weighted by Crippen LogP contribution is 2.41. The largest absolute Gasteiger partial charge is 0.524 e. The van der Waals surface area contributed by atoms with Crippen LogP contribution in [0.4, 0.5) is 4.79 Å². The monoisotopic (exact) mass is 284 g/mol. The van der Waals surface area contributed by atoms with Gasteiger partial charge in [-0.05, 0) is 33.6 Å². The molecule has 2 rings (SSSR count). The normalized spacial score (nSPS) is 35.5. The Hall–Kier alpha value is -0.940. The maximum atomic E-state index is 12.4. The molecule has 3 atom stereocenters. The molecule has 1 unspecified atom stereocenters. The first-order valence-corrected chi connectivity index (χ1v) is 7.50. The van der Waals surface area contributed by atoms with E-state index in [2.05, 4.69) is 0 Å². The molecule has 2 fully saturated rings. The molecule has 1 aliphatic heterocycles. The minimum atomic E-state index is -1.02. The zero-order chi connectivity index (χ0) is 15.1. The third kappa shape index (κ3) is 2.49. The Bertz CT molecular complexity index is 409. The van der Waals surface area contributed by atoms with E-state index in [1.807, 2.05) is 0 Å². The Labute approximate surface area is 120 Å². The second-order valence-corrected chi connectivity index (χ2v) is 7.23. The molecular weight excluding hydrogens is 258 g/mol. The summed E-state index contributed by atoms with van der Waals surface area (Å²) in [6, 6.07) is -0.336. The van der Waals surface area contributed by atoms with E-state index in [0.29, 0.717) is 0 Å². The molecule has 20 heavy (non-hydrogen) atoms. The number of aliphatic hydroxyl groups is 1. The summed E-state index contributed by atoms with van der Waals surface area (Å²) in [5.74, 6) is -0.205. The highest BCUT2D eigenvalue weighted by atomic mass is 16.6. The van der Waals surface area contributed by atoms with Gasteiger partial charge in [-0.3, -0.25) is 0 Å². The number of hydrogen-bond donors (Lipinski definition) is 1. The summed E-state index contributed by atoms with van der Waals surface area (Å²) >= 11 is 0. The summed E-state index contributed by atoms with van der Waals surface area (Å²) in [7, 11) is 1.59. The van der Waals surface area contributed by atoms with E-state index in [0.717, 1.165) is 25.7 Å². The van der Waals surface area contributed by atoms with Gasteiger partial charge in [0.1, 0.15) is 11.6 Å². The number of nitrogens with zero attached hydrogens (tertiary/aromatic N) is 1. The topological polar surface area (TPSA) is 63.6 Å². The molecule has 2 aliphatic rings. The number of likely N-dealkylation sites (N-methyl/N-ethyl adjacent to an activating group) is 1. The Morgan fingerprint density at radius 1 is 1.25 bits per heavy atom. The number of ether oxygens (including phenoxy) is 1. The molecule has 1 saturated heterocycles. The van der Waals surface area contributed by atoms with Crippen LogP contribution in [0.25, 0.3) is 0 Å². The van der Waals surface area contributed by atoms with Crippen LogP contribution in [0.1, 0.15) is 52.9 Å². The van der Waals surface area contributed by atoms with Crippen LogP contribution < -0.4 is 0 Å². The first kappa shape index (κ1) is 15.4. The molecule has 114 valence electrons. The smallest absolute Gasteiger partial charge is 0.414 e. The van der Waals surface area contributed by atoms with Gasteiger partial charge in [0.05, 0.1) is 7.05 Å². The third-order valence-corrected chi connectivity index (χ3v) is 4.54. The molecule has 1 N–H and O–H groups in total. The molecule has 1 aliphatic carbocycles. The fourth-order valence-electron chi connectivity index (χ4n) is 3.49. The molecule has 0 bridgehead atoms. The van der Waals surface area contributed by atoms with E-state index in [-0.39, 0.29) is 12.0 Å². The van der Waals surface area contributed by atoms with E-state index in [1.54, 1.807) is 27.8 Å². The molecule has 0 aromatic carbocycles. The van der Waals surface area contributed by atoms with Gasteiger partial charge >= 0.3 is 12.0 Å². The van der Waals surface area contributed by atoms with Gasteiger partial charge in [-0.2, -0.15) is 9.28 Å². The van der Waals surface area contributed by atoms with Gasteiger partial charge in [0.25, 0.3) is 0 Å². The number of carbonyl (C=O) groups is 2. The second kappa shape index (κ2) is 5.11. The van der Waals surface area contributed by atoms with E-state index in [4.69, 9.17) is 4.74 Å². The average Bonchev–Trinajstić information content (AvgIpc) is 2.37. The highest BCUT2D eigenvalue weighted by molar-refractivity contribution is 5.89. The summed E-state index contributed by atoms with van der Waals surface area (Å²) in [4.78, 5) is 24.5. The van der Waals surface area contributed by atoms with Gasteiger partial charge in [0.15, 0.2) is 0 Å². The van der Waals surface area contributed by atoms with Gasteiger partial charge in [-0.25, -0.2) is 4.79 Å². The SMILES string of the molecule is CC(C)(C)OC(=O)[N+]1(C)C(=O)[C@H](O)[C@@H]1C1CCCCC1. The highest BCUT2D eigenvalue weighted by Gasteiger charge is 2.68. The number of likely N-dealkylation sites (tertiary alicyclic amines) is 1. The van der Waals surface area contributed by atoms with Crippen molar-refractivity contribution in [2.75, 3.05) is 7.05 Å². The molecule has 0 radical (unpaired) electrons. The summed E-state index contributed by atoms with van der Waals surface area (Å²) < 4.78 is 4.99. The number of imide groups is 1. The van der Waals surface area contributed by atoms with Crippen LogP contribution >= 0.6 is 0 Å². The van der Waals surface area contributed by atoms with Crippen molar-refractivity contribution >= 4 is 12.0 Å². The van der Waals surface area contributed by atoms with Crippen molar-refractivity contribution in [1.29, 1.82) is 0 Å². The van der Waals surface area contributed by atoms with Crippen molar-refractivity contribution in [3.05, 3.63) is 0 Å². The molecule has 2 amide bonds. The van der Waals surface area contributed by atoms with Gasteiger partial charge in [-0.15, -0.1) is 0 Å². The second-order valence-electron chi connectivity index (χ2n) is 7.23.